The highest BCUT2D eigenvalue weighted by atomic mass is 19.1. The van der Waals surface area contributed by atoms with E-state index in [1.165, 1.54) is 12.1 Å². The third-order valence-corrected chi connectivity index (χ3v) is 5.55. The number of hydrogen-bond donors (Lipinski definition) is 0. The van der Waals surface area contributed by atoms with Gasteiger partial charge in [-0.3, -0.25) is 4.79 Å². The Morgan fingerprint density at radius 2 is 1.83 bits per heavy atom. The molecule has 29 heavy (non-hydrogen) atoms. The Bertz CT molecular complexity index is 778. The van der Waals surface area contributed by atoms with Gasteiger partial charge in [0.15, 0.2) is 0 Å². The molecule has 1 aromatic carbocycles. The van der Waals surface area contributed by atoms with Crippen molar-refractivity contribution in [2.24, 2.45) is 0 Å². The number of carbonyl (C=O) groups is 1. The molecule has 1 atom stereocenters. The summed E-state index contributed by atoms with van der Waals surface area (Å²) in [6.07, 6.45) is 5.20. The minimum Gasteiger partial charge on any atom is -0.491 e. The minimum atomic E-state index is -0.295. The summed E-state index contributed by atoms with van der Waals surface area (Å²) in [7, 11) is 0. The van der Waals surface area contributed by atoms with Gasteiger partial charge in [-0.05, 0) is 37.1 Å². The molecule has 0 unspecified atom stereocenters. The van der Waals surface area contributed by atoms with E-state index in [9.17, 15) is 9.18 Å². The molecule has 2 aliphatic rings. The van der Waals surface area contributed by atoms with Crippen LogP contribution in [0.5, 0.6) is 5.75 Å². The third kappa shape index (κ3) is 5.30. The number of aromatic nitrogens is 3. The summed E-state index contributed by atoms with van der Waals surface area (Å²) >= 11 is 0. The predicted molar refractivity (Wildman–Crippen MR) is 103 cm³/mol. The zero-order valence-electron chi connectivity index (χ0n) is 16.3. The highest BCUT2D eigenvalue weighted by molar-refractivity contribution is 5.78. The van der Waals surface area contributed by atoms with E-state index in [0.29, 0.717) is 18.9 Å². The average Bonchev–Trinajstić information content (AvgIpc) is 3.27. The van der Waals surface area contributed by atoms with Crippen LogP contribution in [0, 0.1) is 5.82 Å². The topological polar surface area (TPSA) is 72.7 Å². The van der Waals surface area contributed by atoms with Crippen molar-refractivity contribution in [3.63, 3.8) is 0 Å². The Balaban J connectivity index is 1.23. The molecule has 0 spiro atoms. The molecule has 0 N–H and O–H groups in total. The van der Waals surface area contributed by atoms with E-state index >= 15 is 0 Å². The Hall–Kier alpha value is -2.52. The molecule has 2 aliphatic heterocycles. The van der Waals surface area contributed by atoms with E-state index < -0.39 is 0 Å². The maximum Gasteiger partial charge on any atom is 0.248 e. The van der Waals surface area contributed by atoms with Crippen LogP contribution in [0.1, 0.15) is 12.8 Å². The molecular formula is C20H26FN5O3. The van der Waals surface area contributed by atoms with Crippen LogP contribution in [0.15, 0.2) is 36.9 Å². The normalized spacial score (nSPS) is 21.5. The number of rotatable bonds is 7. The van der Waals surface area contributed by atoms with Crippen molar-refractivity contribution in [2.75, 3.05) is 39.4 Å². The number of likely N-dealkylation sites (tertiary alicyclic amines) is 1. The largest absolute Gasteiger partial charge is 0.491 e. The lowest BCUT2D eigenvalue weighted by molar-refractivity contribution is -0.155. The van der Waals surface area contributed by atoms with Crippen molar-refractivity contribution in [3.8, 4) is 5.75 Å². The quantitative estimate of drug-likeness (QED) is 0.692. The number of amides is 1. The zero-order chi connectivity index (χ0) is 20.1. The van der Waals surface area contributed by atoms with Crippen molar-refractivity contribution in [2.45, 2.75) is 31.5 Å². The van der Waals surface area contributed by atoms with Crippen LogP contribution in [-0.2, 0) is 16.1 Å². The van der Waals surface area contributed by atoms with Crippen molar-refractivity contribution in [1.29, 1.82) is 0 Å². The zero-order valence-corrected chi connectivity index (χ0v) is 16.3. The van der Waals surface area contributed by atoms with E-state index in [4.69, 9.17) is 9.47 Å². The first-order chi connectivity index (χ1) is 14.2. The lowest BCUT2D eigenvalue weighted by atomic mass is 10.0. The van der Waals surface area contributed by atoms with Gasteiger partial charge in [-0.15, -0.1) is 10.2 Å². The summed E-state index contributed by atoms with van der Waals surface area (Å²) < 4.78 is 26.3. The van der Waals surface area contributed by atoms with Gasteiger partial charge in [-0.1, -0.05) is 0 Å². The molecule has 1 aromatic heterocycles. The maximum atomic E-state index is 13.0. The standard InChI is InChI=1S/C20H26FN5O3/c21-16-1-3-18(4-2-16)28-12-19-11-26(20(27)13-29-19)17-5-7-24(8-6-17)9-10-25-14-22-23-15-25/h1-4,14-15,17,19H,5-13H2/t19-/m1/s1. The molecule has 8 nitrogen and oxygen atoms in total. The fourth-order valence-corrected chi connectivity index (χ4v) is 3.87. The second-order valence-electron chi connectivity index (χ2n) is 7.52. The lowest BCUT2D eigenvalue weighted by Crippen LogP contribution is -2.55. The van der Waals surface area contributed by atoms with E-state index in [1.54, 1.807) is 24.8 Å². The van der Waals surface area contributed by atoms with Crippen LogP contribution in [0.2, 0.25) is 0 Å². The van der Waals surface area contributed by atoms with Crippen molar-refractivity contribution < 1.29 is 18.7 Å². The van der Waals surface area contributed by atoms with Crippen LogP contribution in [-0.4, -0.2) is 82.0 Å². The van der Waals surface area contributed by atoms with Crippen LogP contribution in [0.25, 0.3) is 0 Å². The molecule has 2 aromatic rings. The van der Waals surface area contributed by atoms with E-state index in [1.807, 2.05) is 9.47 Å². The van der Waals surface area contributed by atoms with Gasteiger partial charge in [0.1, 0.15) is 43.5 Å². The van der Waals surface area contributed by atoms with E-state index in [2.05, 4.69) is 15.1 Å². The molecule has 0 bridgehead atoms. The molecule has 9 heteroatoms. The lowest BCUT2D eigenvalue weighted by Gasteiger charge is -2.42. The number of ether oxygens (including phenoxy) is 2. The smallest absolute Gasteiger partial charge is 0.248 e. The van der Waals surface area contributed by atoms with Gasteiger partial charge in [0, 0.05) is 32.2 Å². The SMILES string of the molecule is O=C1CO[C@@H](COc2ccc(F)cc2)CN1C1CCN(CCn2cnnc2)CC1. The van der Waals surface area contributed by atoms with E-state index in [-0.39, 0.29) is 30.5 Å². The number of morpholine rings is 1. The predicted octanol–water partition coefficient (Wildman–Crippen LogP) is 1.19. The number of piperidine rings is 1. The number of halogens is 1. The van der Waals surface area contributed by atoms with Crippen LogP contribution in [0.3, 0.4) is 0 Å². The Kier molecular flexibility index (Phi) is 6.36. The molecule has 3 heterocycles. The molecule has 4 rings (SSSR count). The summed E-state index contributed by atoms with van der Waals surface area (Å²) in [5.41, 5.74) is 0. The molecule has 156 valence electrons. The van der Waals surface area contributed by atoms with Gasteiger partial charge in [0.25, 0.3) is 0 Å². The first-order valence-electron chi connectivity index (χ1n) is 10.0. The molecule has 0 aliphatic carbocycles. The highest BCUT2D eigenvalue weighted by Gasteiger charge is 2.33. The number of nitrogens with zero attached hydrogens (tertiary/aromatic N) is 5. The van der Waals surface area contributed by atoms with Crippen molar-refractivity contribution in [3.05, 3.63) is 42.7 Å². The molecule has 0 radical (unpaired) electrons. The maximum absolute atomic E-state index is 13.0. The molecular weight excluding hydrogens is 377 g/mol. The Morgan fingerprint density at radius 3 is 2.55 bits per heavy atom. The third-order valence-electron chi connectivity index (χ3n) is 5.55. The van der Waals surface area contributed by atoms with E-state index in [0.717, 1.165) is 39.0 Å². The number of benzene rings is 1. The monoisotopic (exact) mass is 403 g/mol. The number of hydrogen-bond acceptors (Lipinski definition) is 6. The van der Waals surface area contributed by atoms with Crippen molar-refractivity contribution >= 4 is 5.91 Å². The van der Waals surface area contributed by atoms with Gasteiger partial charge >= 0.3 is 0 Å². The van der Waals surface area contributed by atoms with Gasteiger partial charge in [-0.2, -0.15) is 0 Å². The van der Waals surface area contributed by atoms with Crippen molar-refractivity contribution in [1.82, 2.24) is 24.6 Å². The van der Waals surface area contributed by atoms with Crippen LogP contribution in [0.4, 0.5) is 4.39 Å². The van der Waals surface area contributed by atoms with Crippen LogP contribution < -0.4 is 4.74 Å². The Morgan fingerprint density at radius 1 is 1.10 bits per heavy atom. The number of carbonyl (C=O) groups excluding carboxylic acids is 1. The first-order valence-corrected chi connectivity index (χ1v) is 10.0. The summed E-state index contributed by atoms with van der Waals surface area (Å²) in [6, 6.07) is 6.16. The van der Waals surface area contributed by atoms with Gasteiger partial charge < -0.3 is 23.8 Å². The molecule has 1 amide bonds. The summed E-state index contributed by atoms with van der Waals surface area (Å²) in [6.45, 7) is 4.72. The van der Waals surface area contributed by atoms with Crippen LogP contribution >= 0.6 is 0 Å². The molecule has 0 saturated carbocycles. The summed E-state index contributed by atoms with van der Waals surface area (Å²) in [4.78, 5) is 16.8. The fraction of sp³-hybridized carbons (Fsp3) is 0.550. The second kappa shape index (κ2) is 9.32. The summed E-state index contributed by atoms with van der Waals surface area (Å²) in [5, 5.41) is 7.65. The Labute approximate surface area is 169 Å². The molecule has 2 saturated heterocycles. The molecule has 2 fully saturated rings. The minimum absolute atomic E-state index is 0.0472. The first kappa shape index (κ1) is 19.8. The highest BCUT2D eigenvalue weighted by Crippen LogP contribution is 2.21. The average molecular weight is 403 g/mol. The van der Waals surface area contributed by atoms with Gasteiger partial charge in [-0.25, -0.2) is 4.39 Å². The van der Waals surface area contributed by atoms with Gasteiger partial charge in [0.2, 0.25) is 5.91 Å². The summed E-state index contributed by atoms with van der Waals surface area (Å²) in [5.74, 6) is 0.349. The van der Waals surface area contributed by atoms with Gasteiger partial charge in [0.05, 0.1) is 6.54 Å². The fourth-order valence-electron chi connectivity index (χ4n) is 3.87. The second-order valence-corrected chi connectivity index (χ2v) is 7.52.